The Kier molecular flexibility index (Phi) is 5.64. The highest BCUT2D eigenvalue weighted by atomic mass is 16.5. The summed E-state index contributed by atoms with van der Waals surface area (Å²) in [6, 6.07) is 1.90. The van der Waals surface area contributed by atoms with E-state index in [-0.39, 0.29) is 5.97 Å². The predicted octanol–water partition coefficient (Wildman–Crippen LogP) is 2.06. The van der Waals surface area contributed by atoms with Crippen LogP contribution < -0.4 is 5.73 Å². The first-order valence-electron chi connectivity index (χ1n) is 7.87. The molecule has 0 amide bonds. The first-order chi connectivity index (χ1) is 9.20. The Morgan fingerprint density at radius 1 is 1.21 bits per heavy atom. The van der Waals surface area contributed by atoms with E-state index in [1.165, 1.54) is 38.6 Å². The Morgan fingerprint density at radius 2 is 1.89 bits per heavy atom. The molecule has 4 nitrogen and oxygen atoms in total. The normalized spacial score (nSPS) is 30.5. The van der Waals surface area contributed by atoms with E-state index in [1.54, 1.807) is 0 Å². The molecule has 0 saturated carbocycles. The van der Waals surface area contributed by atoms with Crippen molar-refractivity contribution in [3.63, 3.8) is 0 Å². The van der Waals surface area contributed by atoms with Gasteiger partial charge in [0.05, 0.1) is 6.61 Å². The third-order valence-electron chi connectivity index (χ3n) is 4.52. The van der Waals surface area contributed by atoms with E-state index in [2.05, 4.69) is 4.90 Å². The second-order valence-electron chi connectivity index (χ2n) is 5.97. The van der Waals surface area contributed by atoms with Crippen LogP contribution in [0.15, 0.2) is 0 Å². The first kappa shape index (κ1) is 14.8. The van der Waals surface area contributed by atoms with Crippen LogP contribution in [-0.4, -0.2) is 42.1 Å². The topological polar surface area (TPSA) is 55.6 Å². The van der Waals surface area contributed by atoms with Crippen LogP contribution in [0, 0.1) is 0 Å². The molecule has 2 N–H and O–H groups in total. The molecule has 2 saturated heterocycles. The van der Waals surface area contributed by atoms with Crippen molar-refractivity contribution in [1.29, 1.82) is 0 Å². The number of rotatable bonds is 7. The molecule has 2 aliphatic heterocycles. The number of nitrogens with zero attached hydrogens (tertiary/aromatic N) is 1. The van der Waals surface area contributed by atoms with Gasteiger partial charge in [0.1, 0.15) is 0 Å². The fourth-order valence-corrected chi connectivity index (χ4v) is 3.66. The van der Waals surface area contributed by atoms with Crippen LogP contribution in [0.25, 0.3) is 0 Å². The third-order valence-corrected chi connectivity index (χ3v) is 4.52. The van der Waals surface area contributed by atoms with Gasteiger partial charge in [-0.05, 0) is 52.0 Å². The number of hydrogen-bond acceptors (Lipinski definition) is 4. The molecule has 0 aromatic heterocycles. The smallest absolute Gasteiger partial charge is 0.305 e. The van der Waals surface area contributed by atoms with E-state index in [1.807, 2.05) is 6.92 Å². The molecule has 2 bridgehead atoms. The lowest BCUT2D eigenvalue weighted by Crippen LogP contribution is -2.47. The van der Waals surface area contributed by atoms with Crippen molar-refractivity contribution in [2.24, 2.45) is 5.73 Å². The van der Waals surface area contributed by atoms with Gasteiger partial charge in [0.2, 0.25) is 0 Å². The van der Waals surface area contributed by atoms with E-state index in [4.69, 9.17) is 10.5 Å². The second kappa shape index (κ2) is 7.25. The van der Waals surface area contributed by atoms with Gasteiger partial charge in [-0.25, -0.2) is 0 Å². The highest BCUT2D eigenvalue weighted by Gasteiger charge is 2.38. The third kappa shape index (κ3) is 4.18. The number of ether oxygens (including phenoxy) is 1. The Morgan fingerprint density at radius 3 is 2.53 bits per heavy atom. The van der Waals surface area contributed by atoms with Crippen LogP contribution in [0.1, 0.15) is 58.3 Å². The Bertz CT molecular complexity index is 282. The average Bonchev–Trinajstić information content (AvgIpc) is 2.61. The minimum Gasteiger partial charge on any atom is -0.466 e. The number of piperidine rings is 1. The maximum absolute atomic E-state index is 11.2. The zero-order valence-corrected chi connectivity index (χ0v) is 12.1. The molecule has 0 aromatic rings. The summed E-state index contributed by atoms with van der Waals surface area (Å²) >= 11 is 0. The summed E-state index contributed by atoms with van der Waals surface area (Å²) in [5.41, 5.74) is 6.08. The minimum absolute atomic E-state index is 0.0495. The second-order valence-corrected chi connectivity index (χ2v) is 5.97. The highest BCUT2D eigenvalue weighted by Crippen LogP contribution is 2.35. The lowest BCUT2D eigenvalue weighted by molar-refractivity contribution is -0.143. The van der Waals surface area contributed by atoms with Crippen LogP contribution in [0.2, 0.25) is 0 Å². The molecule has 0 aliphatic carbocycles. The number of nitrogens with two attached hydrogens (primary N) is 1. The molecule has 2 aliphatic rings. The molecule has 0 radical (unpaired) electrons. The van der Waals surface area contributed by atoms with Gasteiger partial charge in [0.25, 0.3) is 0 Å². The van der Waals surface area contributed by atoms with Gasteiger partial charge in [0, 0.05) is 24.5 Å². The molecular formula is C15H28N2O2. The molecule has 19 heavy (non-hydrogen) atoms. The van der Waals surface area contributed by atoms with Crippen molar-refractivity contribution in [2.75, 3.05) is 13.2 Å². The van der Waals surface area contributed by atoms with Gasteiger partial charge in [-0.2, -0.15) is 0 Å². The summed E-state index contributed by atoms with van der Waals surface area (Å²) in [6.45, 7) is 3.54. The average molecular weight is 268 g/mol. The van der Waals surface area contributed by atoms with Crippen molar-refractivity contribution in [3.05, 3.63) is 0 Å². The lowest BCUT2D eigenvalue weighted by Gasteiger charge is -2.37. The number of hydrogen-bond donors (Lipinski definition) is 1. The van der Waals surface area contributed by atoms with Crippen LogP contribution >= 0.6 is 0 Å². The largest absolute Gasteiger partial charge is 0.466 e. The Labute approximate surface area is 116 Å². The molecule has 2 heterocycles. The SMILES string of the molecule is CCOC(=O)CCCCCN1C2CCC1CC(N)C2. The maximum atomic E-state index is 11.2. The standard InChI is InChI=1S/C15H28N2O2/c1-2-19-15(18)6-4-3-5-9-17-13-7-8-14(17)11-12(16)10-13/h12-14H,2-11,16H2,1H3. The molecular weight excluding hydrogens is 240 g/mol. The van der Waals surface area contributed by atoms with Crippen LogP contribution in [-0.2, 0) is 9.53 Å². The van der Waals surface area contributed by atoms with E-state index >= 15 is 0 Å². The monoisotopic (exact) mass is 268 g/mol. The summed E-state index contributed by atoms with van der Waals surface area (Å²) in [5.74, 6) is -0.0495. The molecule has 2 fully saturated rings. The van der Waals surface area contributed by atoms with Gasteiger partial charge >= 0.3 is 5.97 Å². The minimum atomic E-state index is -0.0495. The number of carbonyl (C=O) groups excluding carboxylic acids is 1. The quantitative estimate of drug-likeness (QED) is 0.567. The summed E-state index contributed by atoms with van der Waals surface area (Å²) in [7, 11) is 0. The highest BCUT2D eigenvalue weighted by molar-refractivity contribution is 5.69. The molecule has 2 atom stereocenters. The Balaban J connectivity index is 1.58. The molecule has 110 valence electrons. The van der Waals surface area contributed by atoms with Crippen molar-refractivity contribution in [2.45, 2.75) is 76.4 Å². The van der Waals surface area contributed by atoms with Crippen LogP contribution in [0.4, 0.5) is 0 Å². The van der Waals surface area contributed by atoms with E-state index in [9.17, 15) is 4.79 Å². The van der Waals surface area contributed by atoms with E-state index in [0.717, 1.165) is 24.9 Å². The van der Waals surface area contributed by atoms with Crippen molar-refractivity contribution in [3.8, 4) is 0 Å². The number of fused-ring (bicyclic) bond motifs is 2. The van der Waals surface area contributed by atoms with Crippen molar-refractivity contribution >= 4 is 5.97 Å². The molecule has 0 aromatic carbocycles. The molecule has 0 spiro atoms. The van der Waals surface area contributed by atoms with Gasteiger partial charge in [-0.1, -0.05) is 6.42 Å². The van der Waals surface area contributed by atoms with Gasteiger partial charge in [-0.15, -0.1) is 0 Å². The summed E-state index contributed by atoms with van der Waals surface area (Å²) in [4.78, 5) is 13.9. The van der Waals surface area contributed by atoms with Crippen LogP contribution in [0.5, 0.6) is 0 Å². The first-order valence-corrected chi connectivity index (χ1v) is 7.87. The lowest BCUT2D eigenvalue weighted by atomic mass is 9.98. The van der Waals surface area contributed by atoms with E-state index < -0.39 is 0 Å². The number of carbonyl (C=O) groups is 1. The van der Waals surface area contributed by atoms with Gasteiger partial charge in [-0.3, -0.25) is 9.69 Å². The maximum Gasteiger partial charge on any atom is 0.305 e. The van der Waals surface area contributed by atoms with Crippen molar-refractivity contribution in [1.82, 2.24) is 4.90 Å². The predicted molar refractivity (Wildman–Crippen MR) is 75.8 cm³/mol. The van der Waals surface area contributed by atoms with Crippen molar-refractivity contribution < 1.29 is 9.53 Å². The Hall–Kier alpha value is -0.610. The fourth-order valence-electron chi connectivity index (χ4n) is 3.66. The molecule has 4 heteroatoms. The van der Waals surface area contributed by atoms with Crippen LogP contribution in [0.3, 0.4) is 0 Å². The number of esters is 1. The number of unbranched alkanes of at least 4 members (excludes halogenated alkanes) is 2. The molecule has 2 unspecified atom stereocenters. The van der Waals surface area contributed by atoms with E-state index in [0.29, 0.717) is 19.1 Å². The van der Waals surface area contributed by atoms with Gasteiger partial charge < -0.3 is 10.5 Å². The summed E-state index contributed by atoms with van der Waals surface area (Å²) in [6.07, 6.45) is 8.89. The zero-order chi connectivity index (χ0) is 13.7. The zero-order valence-electron chi connectivity index (χ0n) is 12.1. The summed E-state index contributed by atoms with van der Waals surface area (Å²) < 4.78 is 4.93. The fraction of sp³-hybridized carbons (Fsp3) is 0.933. The van der Waals surface area contributed by atoms with Gasteiger partial charge in [0.15, 0.2) is 0 Å². The summed E-state index contributed by atoms with van der Waals surface area (Å²) in [5, 5.41) is 0. The molecule has 2 rings (SSSR count).